The fourth-order valence-corrected chi connectivity index (χ4v) is 3.72. The number of nitrogens with one attached hydrogen (secondary N) is 2. The van der Waals surface area contributed by atoms with Gasteiger partial charge in [-0.3, -0.25) is 9.52 Å². The first kappa shape index (κ1) is 16.0. The quantitative estimate of drug-likeness (QED) is 0.789. The second-order valence-electron chi connectivity index (χ2n) is 5.88. The number of amides is 1. The molecular weight excluding hydrogens is 364 g/mol. The summed E-state index contributed by atoms with van der Waals surface area (Å²) in [7, 11) is -3.40. The third kappa shape index (κ3) is 2.85. The number of anilines is 2. The Bertz CT molecular complexity index is 1060. The molecule has 0 aromatic heterocycles. The van der Waals surface area contributed by atoms with Gasteiger partial charge in [0.2, 0.25) is 10.0 Å². The third-order valence-corrected chi connectivity index (χ3v) is 4.82. The van der Waals surface area contributed by atoms with E-state index in [2.05, 4.69) is 10.0 Å². The highest BCUT2D eigenvalue weighted by atomic mass is 35.5. The van der Waals surface area contributed by atoms with Gasteiger partial charge in [0.1, 0.15) is 12.4 Å². The van der Waals surface area contributed by atoms with Gasteiger partial charge < -0.3 is 10.1 Å². The summed E-state index contributed by atoms with van der Waals surface area (Å²) in [5, 5.41) is 3.30. The summed E-state index contributed by atoms with van der Waals surface area (Å²) < 4.78 is 31.1. The zero-order valence-electron chi connectivity index (χ0n) is 13.1. The van der Waals surface area contributed by atoms with Crippen molar-refractivity contribution >= 4 is 50.2 Å². The van der Waals surface area contributed by atoms with Crippen molar-refractivity contribution in [1.82, 2.24) is 0 Å². The molecule has 2 aromatic rings. The number of hydrogen-bond donors (Lipinski definition) is 2. The fraction of sp³-hybridized carbons (Fsp3) is 0.118. The van der Waals surface area contributed by atoms with Gasteiger partial charge in [0.15, 0.2) is 0 Å². The zero-order chi connectivity index (χ0) is 17.8. The van der Waals surface area contributed by atoms with Crippen LogP contribution in [0.25, 0.3) is 11.3 Å². The standard InChI is InChI=1S/C17H13ClN2O4S/c1-25(22,23)20-11-4-2-9-8-24-16(12(9)7-11)15-13-6-10(18)3-5-14(13)19-17(15)21/h2-7,20H,8H2,1H3,(H,19,21)/b16-15+. The maximum absolute atomic E-state index is 12.4. The first-order chi connectivity index (χ1) is 11.8. The van der Waals surface area contributed by atoms with Gasteiger partial charge in [0.25, 0.3) is 5.91 Å². The van der Waals surface area contributed by atoms with Crippen LogP contribution in [0.3, 0.4) is 0 Å². The maximum Gasteiger partial charge on any atom is 0.260 e. The predicted molar refractivity (Wildman–Crippen MR) is 96.6 cm³/mol. The Morgan fingerprint density at radius 2 is 1.96 bits per heavy atom. The normalized spacial score (nSPS) is 18.4. The molecule has 0 fully saturated rings. The van der Waals surface area contributed by atoms with Crippen LogP contribution in [0.15, 0.2) is 36.4 Å². The van der Waals surface area contributed by atoms with E-state index in [1.807, 2.05) is 0 Å². The third-order valence-electron chi connectivity index (χ3n) is 3.98. The molecule has 2 N–H and O–H groups in total. The fourth-order valence-electron chi connectivity index (χ4n) is 2.99. The van der Waals surface area contributed by atoms with E-state index in [-0.39, 0.29) is 5.91 Å². The number of carbonyl (C=O) groups excluding carboxylic acids is 1. The molecule has 2 aliphatic heterocycles. The Balaban J connectivity index is 1.88. The highest BCUT2D eigenvalue weighted by molar-refractivity contribution is 7.92. The highest BCUT2D eigenvalue weighted by Crippen LogP contribution is 2.42. The largest absolute Gasteiger partial charge is 0.487 e. The molecule has 0 bridgehead atoms. The van der Waals surface area contributed by atoms with Gasteiger partial charge in [-0.2, -0.15) is 0 Å². The number of hydrogen-bond acceptors (Lipinski definition) is 4. The highest BCUT2D eigenvalue weighted by Gasteiger charge is 2.32. The molecule has 8 heteroatoms. The molecule has 0 unspecified atom stereocenters. The Kier molecular flexibility index (Phi) is 3.52. The van der Waals surface area contributed by atoms with E-state index in [1.165, 1.54) is 0 Å². The Hall–Kier alpha value is -2.51. The molecule has 0 radical (unpaired) electrons. The van der Waals surface area contributed by atoms with Gasteiger partial charge in [-0.1, -0.05) is 17.7 Å². The molecule has 0 spiro atoms. The van der Waals surface area contributed by atoms with E-state index in [4.69, 9.17) is 16.3 Å². The minimum Gasteiger partial charge on any atom is -0.487 e. The average Bonchev–Trinajstić information content (AvgIpc) is 3.05. The maximum atomic E-state index is 12.4. The van der Waals surface area contributed by atoms with E-state index in [0.717, 1.165) is 11.8 Å². The second-order valence-corrected chi connectivity index (χ2v) is 8.07. The summed E-state index contributed by atoms with van der Waals surface area (Å²) in [6.45, 7) is 0.316. The van der Waals surface area contributed by atoms with Gasteiger partial charge in [0, 0.05) is 33.1 Å². The van der Waals surface area contributed by atoms with Crippen molar-refractivity contribution in [3.8, 4) is 0 Å². The van der Waals surface area contributed by atoms with Crippen LogP contribution in [0.2, 0.25) is 5.02 Å². The van der Waals surface area contributed by atoms with Crippen molar-refractivity contribution in [3.05, 3.63) is 58.1 Å². The zero-order valence-corrected chi connectivity index (χ0v) is 14.7. The van der Waals surface area contributed by atoms with Crippen molar-refractivity contribution in [2.75, 3.05) is 16.3 Å². The molecule has 128 valence electrons. The second kappa shape index (κ2) is 5.50. The van der Waals surface area contributed by atoms with Crippen LogP contribution in [0, 0.1) is 0 Å². The van der Waals surface area contributed by atoms with Crippen LogP contribution < -0.4 is 10.0 Å². The summed E-state index contributed by atoms with van der Waals surface area (Å²) in [4.78, 5) is 12.4. The van der Waals surface area contributed by atoms with Crippen LogP contribution >= 0.6 is 11.6 Å². The summed E-state index contributed by atoms with van der Waals surface area (Å²) in [6, 6.07) is 10.3. The van der Waals surface area contributed by atoms with Crippen LogP contribution in [0.1, 0.15) is 16.7 Å². The van der Waals surface area contributed by atoms with Gasteiger partial charge in [-0.15, -0.1) is 0 Å². The molecule has 2 heterocycles. The van der Waals surface area contributed by atoms with Crippen molar-refractivity contribution in [2.45, 2.75) is 6.61 Å². The summed E-state index contributed by atoms with van der Waals surface area (Å²) >= 11 is 6.06. The number of ether oxygens (including phenoxy) is 1. The van der Waals surface area contributed by atoms with Gasteiger partial charge in [-0.25, -0.2) is 8.42 Å². The smallest absolute Gasteiger partial charge is 0.260 e. The lowest BCUT2D eigenvalue weighted by Gasteiger charge is -2.08. The van der Waals surface area contributed by atoms with E-state index < -0.39 is 10.0 Å². The van der Waals surface area contributed by atoms with Gasteiger partial charge >= 0.3 is 0 Å². The topological polar surface area (TPSA) is 84.5 Å². The van der Waals surface area contributed by atoms with Crippen LogP contribution in [0.5, 0.6) is 0 Å². The summed E-state index contributed by atoms with van der Waals surface area (Å²) in [5.74, 6) is 0.146. The first-order valence-electron chi connectivity index (χ1n) is 7.41. The summed E-state index contributed by atoms with van der Waals surface area (Å²) in [6.07, 6.45) is 1.08. The lowest BCUT2D eigenvalue weighted by Crippen LogP contribution is -2.10. The number of benzene rings is 2. The van der Waals surface area contributed by atoms with E-state index >= 15 is 0 Å². The molecule has 0 atom stereocenters. The Labute approximate surface area is 149 Å². The van der Waals surface area contributed by atoms with Gasteiger partial charge in [-0.05, 0) is 30.3 Å². The van der Waals surface area contributed by atoms with Crippen molar-refractivity contribution < 1.29 is 17.9 Å². The predicted octanol–water partition coefficient (Wildman–Crippen LogP) is 3.06. The lowest BCUT2D eigenvalue weighted by molar-refractivity contribution is -0.110. The monoisotopic (exact) mass is 376 g/mol. The Morgan fingerprint density at radius 3 is 2.72 bits per heavy atom. The van der Waals surface area contributed by atoms with Crippen molar-refractivity contribution in [2.24, 2.45) is 0 Å². The van der Waals surface area contributed by atoms with E-state index in [0.29, 0.717) is 45.5 Å². The molecular formula is C17H13ClN2O4S. The molecule has 2 aromatic carbocycles. The average molecular weight is 377 g/mol. The molecule has 25 heavy (non-hydrogen) atoms. The van der Waals surface area contributed by atoms with Crippen molar-refractivity contribution in [1.29, 1.82) is 0 Å². The van der Waals surface area contributed by atoms with Crippen LogP contribution in [-0.2, 0) is 26.2 Å². The molecule has 4 rings (SSSR count). The Morgan fingerprint density at radius 1 is 1.16 bits per heavy atom. The summed E-state index contributed by atoms with van der Waals surface area (Å²) in [5.41, 5.74) is 3.71. The minimum absolute atomic E-state index is 0.276. The number of carbonyl (C=O) groups is 1. The van der Waals surface area contributed by atoms with Gasteiger partial charge in [0.05, 0.1) is 11.8 Å². The number of rotatable bonds is 2. The van der Waals surface area contributed by atoms with E-state index in [9.17, 15) is 13.2 Å². The molecule has 0 saturated carbocycles. The molecule has 0 saturated heterocycles. The number of sulfonamides is 1. The lowest BCUT2D eigenvalue weighted by atomic mass is 10.0. The van der Waals surface area contributed by atoms with E-state index in [1.54, 1.807) is 36.4 Å². The SMILES string of the molecule is CS(=O)(=O)Nc1ccc2c(c1)/C(=C1\C(=O)Nc3ccc(Cl)cc31)OC2. The first-order valence-corrected chi connectivity index (χ1v) is 9.68. The number of fused-ring (bicyclic) bond motifs is 2. The molecule has 1 amide bonds. The molecule has 2 aliphatic rings. The molecule has 6 nitrogen and oxygen atoms in total. The van der Waals surface area contributed by atoms with Crippen LogP contribution in [-0.4, -0.2) is 20.6 Å². The minimum atomic E-state index is -3.40. The molecule has 0 aliphatic carbocycles. The van der Waals surface area contributed by atoms with Crippen molar-refractivity contribution in [3.63, 3.8) is 0 Å². The number of halogens is 1. The van der Waals surface area contributed by atoms with Crippen LogP contribution in [0.4, 0.5) is 11.4 Å².